The summed E-state index contributed by atoms with van der Waals surface area (Å²) >= 11 is 0. The quantitative estimate of drug-likeness (QED) is 0.867. The molecule has 0 spiro atoms. The summed E-state index contributed by atoms with van der Waals surface area (Å²) in [6.07, 6.45) is 3.21. The van der Waals surface area contributed by atoms with E-state index >= 15 is 0 Å². The highest BCUT2D eigenvalue weighted by atomic mass is 16.1. The maximum absolute atomic E-state index is 12.2. The molecule has 1 amide bonds. The number of carbonyl (C=O) groups is 1. The molecule has 0 heterocycles. The van der Waals surface area contributed by atoms with Crippen LogP contribution in [0.4, 0.5) is 0 Å². The lowest BCUT2D eigenvalue weighted by molar-refractivity contribution is -0.126. The third kappa shape index (κ3) is 3.60. The maximum Gasteiger partial charge on any atom is 0.223 e. The first kappa shape index (κ1) is 15.0. The second-order valence-corrected chi connectivity index (χ2v) is 6.15. The number of nitrogens with two attached hydrogens (primary N) is 1. The molecule has 0 aliphatic heterocycles. The summed E-state index contributed by atoms with van der Waals surface area (Å²) in [5, 5.41) is 3.06. The zero-order valence-corrected chi connectivity index (χ0v) is 12.6. The zero-order chi connectivity index (χ0) is 14.5. The lowest BCUT2D eigenvalue weighted by Gasteiger charge is -2.17. The minimum atomic E-state index is 0.120. The Bertz CT molecular complexity index is 439. The van der Waals surface area contributed by atoms with E-state index in [0.29, 0.717) is 24.9 Å². The van der Waals surface area contributed by atoms with Gasteiger partial charge >= 0.3 is 0 Å². The van der Waals surface area contributed by atoms with Crippen LogP contribution in [0, 0.1) is 11.8 Å². The Morgan fingerprint density at radius 2 is 2.00 bits per heavy atom. The van der Waals surface area contributed by atoms with Crippen LogP contribution < -0.4 is 11.1 Å². The van der Waals surface area contributed by atoms with E-state index in [0.717, 1.165) is 24.8 Å². The van der Waals surface area contributed by atoms with E-state index < -0.39 is 0 Å². The maximum atomic E-state index is 12.2. The summed E-state index contributed by atoms with van der Waals surface area (Å²) in [4.78, 5) is 12.2. The van der Waals surface area contributed by atoms with Crippen LogP contribution in [0.3, 0.4) is 0 Å². The Kier molecular flexibility index (Phi) is 5.18. The normalized spacial score (nSPS) is 22.2. The molecule has 0 saturated heterocycles. The van der Waals surface area contributed by atoms with Crippen LogP contribution in [0.25, 0.3) is 0 Å². The van der Waals surface area contributed by atoms with E-state index in [1.54, 1.807) is 0 Å². The number of carbonyl (C=O) groups excluding carboxylic acids is 1. The fraction of sp³-hybridized carbons (Fsp3) is 0.588. The molecular weight excluding hydrogens is 248 g/mol. The summed E-state index contributed by atoms with van der Waals surface area (Å²) in [6.45, 7) is 5.61. The van der Waals surface area contributed by atoms with Gasteiger partial charge in [-0.25, -0.2) is 0 Å². The van der Waals surface area contributed by atoms with E-state index in [4.69, 9.17) is 5.73 Å². The van der Waals surface area contributed by atoms with Gasteiger partial charge in [-0.2, -0.15) is 0 Å². The number of hydrogen-bond acceptors (Lipinski definition) is 2. The Balaban J connectivity index is 1.87. The molecule has 1 saturated carbocycles. The summed E-state index contributed by atoms with van der Waals surface area (Å²) in [5.74, 6) is 1.21. The van der Waals surface area contributed by atoms with E-state index in [-0.39, 0.29) is 11.8 Å². The van der Waals surface area contributed by atoms with Gasteiger partial charge in [0.2, 0.25) is 5.91 Å². The third-order valence-electron chi connectivity index (χ3n) is 4.41. The van der Waals surface area contributed by atoms with Crippen LogP contribution in [0.2, 0.25) is 0 Å². The van der Waals surface area contributed by atoms with Crippen molar-refractivity contribution < 1.29 is 4.79 Å². The summed E-state index contributed by atoms with van der Waals surface area (Å²) in [5.41, 5.74) is 8.22. The molecule has 0 bridgehead atoms. The molecule has 0 radical (unpaired) electrons. The number of rotatable bonds is 5. The molecule has 0 aromatic heterocycles. The highest BCUT2D eigenvalue weighted by molar-refractivity contribution is 5.79. The molecule has 20 heavy (non-hydrogen) atoms. The van der Waals surface area contributed by atoms with Gasteiger partial charge in [0, 0.05) is 12.5 Å². The molecule has 2 atom stereocenters. The van der Waals surface area contributed by atoms with Gasteiger partial charge in [-0.05, 0) is 42.3 Å². The predicted octanol–water partition coefficient (Wildman–Crippen LogP) is 2.80. The molecule has 1 aromatic rings. The molecule has 3 nitrogen and oxygen atoms in total. The van der Waals surface area contributed by atoms with Crippen LogP contribution >= 0.6 is 0 Å². The third-order valence-corrected chi connectivity index (χ3v) is 4.41. The Hall–Kier alpha value is -1.35. The molecule has 1 aromatic carbocycles. The van der Waals surface area contributed by atoms with Gasteiger partial charge in [-0.3, -0.25) is 4.79 Å². The SMILES string of the molecule is CC(C)c1ccc(CNC(=O)[C@@H]2CCC[C@@H]2CN)cc1. The first-order valence-corrected chi connectivity index (χ1v) is 7.68. The van der Waals surface area contributed by atoms with Crippen LogP contribution in [0.1, 0.15) is 50.2 Å². The van der Waals surface area contributed by atoms with Crippen molar-refractivity contribution in [3.05, 3.63) is 35.4 Å². The van der Waals surface area contributed by atoms with Crippen LogP contribution in [0.15, 0.2) is 24.3 Å². The average molecular weight is 274 g/mol. The Morgan fingerprint density at radius 1 is 1.30 bits per heavy atom. The molecule has 1 fully saturated rings. The van der Waals surface area contributed by atoms with Crippen molar-refractivity contribution in [2.75, 3.05) is 6.54 Å². The van der Waals surface area contributed by atoms with Crippen molar-refractivity contribution >= 4 is 5.91 Å². The second kappa shape index (κ2) is 6.89. The van der Waals surface area contributed by atoms with Crippen molar-refractivity contribution in [2.45, 2.75) is 45.6 Å². The highest BCUT2D eigenvalue weighted by Gasteiger charge is 2.31. The number of nitrogens with one attached hydrogen (secondary N) is 1. The van der Waals surface area contributed by atoms with E-state index in [9.17, 15) is 4.79 Å². The molecule has 3 heteroatoms. The van der Waals surface area contributed by atoms with Gasteiger partial charge in [0.1, 0.15) is 0 Å². The second-order valence-electron chi connectivity index (χ2n) is 6.15. The van der Waals surface area contributed by atoms with E-state index in [1.165, 1.54) is 5.56 Å². The van der Waals surface area contributed by atoms with Crippen LogP contribution in [-0.4, -0.2) is 12.5 Å². The van der Waals surface area contributed by atoms with Gasteiger partial charge in [0.25, 0.3) is 0 Å². The van der Waals surface area contributed by atoms with Gasteiger partial charge in [-0.15, -0.1) is 0 Å². The van der Waals surface area contributed by atoms with Crippen molar-refractivity contribution in [3.8, 4) is 0 Å². The van der Waals surface area contributed by atoms with Crippen molar-refractivity contribution in [1.29, 1.82) is 0 Å². The van der Waals surface area contributed by atoms with Crippen molar-refractivity contribution in [2.24, 2.45) is 17.6 Å². The number of hydrogen-bond donors (Lipinski definition) is 2. The van der Waals surface area contributed by atoms with Crippen LogP contribution in [0.5, 0.6) is 0 Å². The lowest BCUT2D eigenvalue weighted by Crippen LogP contribution is -2.34. The number of benzene rings is 1. The van der Waals surface area contributed by atoms with Crippen molar-refractivity contribution in [1.82, 2.24) is 5.32 Å². The first-order valence-electron chi connectivity index (χ1n) is 7.68. The standard InChI is InChI=1S/C17H26N2O/c1-12(2)14-8-6-13(7-9-14)11-19-17(20)16-5-3-4-15(16)10-18/h6-9,12,15-16H,3-5,10-11,18H2,1-2H3,(H,19,20)/t15-,16-/m1/s1. The molecular formula is C17H26N2O. The lowest BCUT2D eigenvalue weighted by atomic mass is 9.95. The van der Waals surface area contributed by atoms with Crippen LogP contribution in [-0.2, 0) is 11.3 Å². The minimum Gasteiger partial charge on any atom is -0.352 e. The number of amides is 1. The summed E-state index contributed by atoms with van der Waals surface area (Å²) < 4.78 is 0. The van der Waals surface area contributed by atoms with E-state index in [1.807, 2.05) is 0 Å². The summed E-state index contributed by atoms with van der Waals surface area (Å²) in [6, 6.07) is 8.49. The fourth-order valence-corrected chi connectivity index (χ4v) is 3.00. The molecule has 0 unspecified atom stereocenters. The topological polar surface area (TPSA) is 55.1 Å². The fourth-order valence-electron chi connectivity index (χ4n) is 3.00. The smallest absolute Gasteiger partial charge is 0.223 e. The van der Waals surface area contributed by atoms with Gasteiger partial charge < -0.3 is 11.1 Å². The van der Waals surface area contributed by atoms with Gasteiger partial charge in [0.05, 0.1) is 0 Å². The van der Waals surface area contributed by atoms with E-state index in [2.05, 4.69) is 43.4 Å². The van der Waals surface area contributed by atoms with Crippen molar-refractivity contribution in [3.63, 3.8) is 0 Å². The average Bonchev–Trinajstić information content (AvgIpc) is 2.93. The molecule has 1 aliphatic carbocycles. The molecule has 2 rings (SSSR count). The molecule has 3 N–H and O–H groups in total. The highest BCUT2D eigenvalue weighted by Crippen LogP contribution is 2.31. The zero-order valence-electron chi connectivity index (χ0n) is 12.6. The van der Waals surface area contributed by atoms with Gasteiger partial charge in [-0.1, -0.05) is 44.5 Å². The molecule has 1 aliphatic rings. The molecule has 110 valence electrons. The summed E-state index contributed by atoms with van der Waals surface area (Å²) in [7, 11) is 0. The minimum absolute atomic E-state index is 0.120. The Morgan fingerprint density at radius 3 is 2.60 bits per heavy atom. The monoisotopic (exact) mass is 274 g/mol. The van der Waals surface area contributed by atoms with Gasteiger partial charge in [0.15, 0.2) is 0 Å². The predicted molar refractivity (Wildman–Crippen MR) is 82.3 cm³/mol. The Labute approximate surface area is 121 Å². The largest absolute Gasteiger partial charge is 0.352 e. The first-order chi connectivity index (χ1) is 9.61.